The lowest BCUT2D eigenvalue weighted by molar-refractivity contribution is 0.102. The van der Waals surface area contributed by atoms with Gasteiger partial charge in [0.2, 0.25) is 0 Å². The molecule has 0 aliphatic rings. The third kappa shape index (κ3) is 3.26. The Morgan fingerprint density at radius 2 is 2.07 bits per heavy atom. The molecule has 2 heteroatoms. The molecular formula is C12H18OS. The predicted molar refractivity (Wildman–Crippen MR) is 62.1 cm³/mol. The largest absolute Gasteiger partial charge is 0.294 e. The Labute approximate surface area is 90.2 Å². The maximum absolute atomic E-state index is 11.3. The Morgan fingerprint density at radius 3 is 2.57 bits per heavy atom. The van der Waals surface area contributed by atoms with Gasteiger partial charge in [0.25, 0.3) is 0 Å². The maximum Gasteiger partial charge on any atom is 0.169 e. The van der Waals surface area contributed by atoms with Crippen molar-refractivity contribution in [2.24, 2.45) is 5.41 Å². The molecular weight excluding hydrogens is 192 g/mol. The fourth-order valence-corrected chi connectivity index (χ4v) is 2.21. The highest BCUT2D eigenvalue weighted by atomic mass is 32.1. The van der Waals surface area contributed by atoms with E-state index >= 15 is 0 Å². The van der Waals surface area contributed by atoms with Crippen LogP contribution in [0.2, 0.25) is 0 Å². The minimum Gasteiger partial charge on any atom is -0.294 e. The van der Waals surface area contributed by atoms with E-state index in [-0.39, 0.29) is 5.78 Å². The van der Waals surface area contributed by atoms with Crippen LogP contribution in [0.3, 0.4) is 0 Å². The van der Waals surface area contributed by atoms with E-state index in [2.05, 4.69) is 26.8 Å². The fourth-order valence-electron chi connectivity index (χ4n) is 1.35. The quantitative estimate of drug-likeness (QED) is 0.691. The lowest BCUT2D eigenvalue weighted by Crippen LogP contribution is -2.07. The summed E-state index contributed by atoms with van der Waals surface area (Å²) < 4.78 is 0. The van der Waals surface area contributed by atoms with Crippen molar-refractivity contribution in [1.29, 1.82) is 0 Å². The van der Waals surface area contributed by atoms with Crippen molar-refractivity contribution < 1.29 is 4.79 Å². The van der Waals surface area contributed by atoms with E-state index in [9.17, 15) is 4.79 Å². The zero-order valence-electron chi connectivity index (χ0n) is 9.39. The molecule has 0 N–H and O–H groups in total. The molecule has 0 saturated carbocycles. The molecule has 0 amide bonds. The van der Waals surface area contributed by atoms with E-state index in [1.807, 2.05) is 5.38 Å². The van der Waals surface area contributed by atoms with Crippen LogP contribution in [0.4, 0.5) is 0 Å². The van der Waals surface area contributed by atoms with Gasteiger partial charge in [-0.3, -0.25) is 4.79 Å². The predicted octanol–water partition coefficient (Wildman–Crippen LogP) is 3.93. The highest BCUT2D eigenvalue weighted by Gasteiger charge is 2.13. The average Bonchev–Trinajstić information content (AvgIpc) is 2.46. The number of hydrogen-bond acceptors (Lipinski definition) is 2. The van der Waals surface area contributed by atoms with Gasteiger partial charge in [0.05, 0.1) is 4.88 Å². The minimum atomic E-state index is 0.198. The molecule has 14 heavy (non-hydrogen) atoms. The smallest absolute Gasteiger partial charge is 0.169 e. The SMILES string of the molecule is CC(=O)c1sccc1CCC(C)(C)C. The Morgan fingerprint density at radius 1 is 1.43 bits per heavy atom. The Hall–Kier alpha value is -0.630. The highest BCUT2D eigenvalue weighted by molar-refractivity contribution is 7.12. The van der Waals surface area contributed by atoms with Crippen molar-refractivity contribution in [2.75, 3.05) is 0 Å². The first-order valence-electron chi connectivity index (χ1n) is 4.97. The molecule has 0 spiro atoms. The van der Waals surface area contributed by atoms with Gasteiger partial charge in [0.1, 0.15) is 0 Å². The molecule has 0 radical (unpaired) electrons. The van der Waals surface area contributed by atoms with Crippen molar-refractivity contribution in [3.8, 4) is 0 Å². The lowest BCUT2D eigenvalue weighted by Gasteiger charge is -2.17. The lowest BCUT2D eigenvalue weighted by atomic mass is 9.88. The third-order valence-electron chi connectivity index (χ3n) is 2.21. The first-order chi connectivity index (χ1) is 6.40. The summed E-state index contributed by atoms with van der Waals surface area (Å²) in [6, 6.07) is 2.08. The van der Waals surface area contributed by atoms with Gasteiger partial charge in [-0.1, -0.05) is 20.8 Å². The summed E-state index contributed by atoms with van der Waals surface area (Å²) in [5.74, 6) is 0.198. The van der Waals surface area contributed by atoms with Gasteiger partial charge in [-0.2, -0.15) is 0 Å². The number of hydrogen-bond donors (Lipinski definition) is 0. The summed E-state index contributed by atoms with van der Waals surface area (Å²) in [6.45, 7) is 8.33. The van der Waals surface area contributed by atoms with Crippen molar-refractivity contribution in [3.05, 3.63) is 21.9 Å². The van der Waals surface area contributed by atoms with E-state index in [4.69, 9.17) is 0 Å². The molecule has 0 aliphatic carbocycles. The fraction of sp³-hybridized carbons (Fsp3) is 0.583. The second kappa shape index (κ2) is 4.26. The monoisotopic (exact) mass is 210 g/mol. The van der Waals surface area contributed by atoms with E-state index in [0.29, 0.717) is 5.41 Å². The van der Waals surface area contributed by atoms with Crippen LogP contribution in [-0.2, 0) is 6.42 Å². The molecule has 1 aromatic heterocycles. The number of Topliss-reactive ketones (excluding diaryl/α,β-unsaturated/α-hetero) is 1. The summed E-state index contributed by atoms with van der Waals surface area (Å²) in [5.41, 5.74) is 1.56. The van der Waals surface area contributed by atoms with Crippen LogP contribution >= 0.6 is 11.3 Å². The first-order valence-corrected chi connectivity index (χ1v) is 5.85. The standard InChI is InChI=1S/C12H18OS/c1-9(13)11-10(6-8-14-11)5-7-12(2,3)4/h6,8H,5,7H2,1-4H3. The second-order valence-electron chi connectivity index (χ2n) is 4.89. The van der Waals surface area contributed by atoms with Crippen LogP contribution in [0.1, 0.15) is 49.4 Å². The highest BCUT2D eigenvalue weighted by Crippen LogP contribution is 2.25. The topological polar surface area (TPSA) is 17.1 Å². The van der Waals surface area contributed by atoms with Gasteiger partial charge in [-0.15, -0.1) is 11.3 Å². The molecule has 0 unspecified atom stereocenters. The van der Waals surface area contributed by atoms with Gasteiger partial charge in [0.15, 0.2) is 5.78 Å². The number of thiophene rings is 1. The second-order valence-corrected chi connectivity index (χ2v) is 5.81. The number of aryl methyl sites for hydroxylation is 1. The van der Waals surface area contributed by atoms with Crippen LogP contribution in [0.5, 0.6) is 0 Å². The zero-order chi connectivity index (χ0) is 10.8. The number of rotatable bonds is 3. The van der Waals surface area contributed by atoms with E-state index in [0.717, 1.165) is 17.7 Å². The molecule has 1 heterocycles. The summed E-state index contributed by atoms with van der Waals surface area (Å²) in [6.07, 6.45) is 2.14. The number of ketones is 1. The van der Waals surface area contributed by atoms with E-state index in [1.54, 1.807) is 18.3 Å². The van der Waals surface area contributed by atoms with Crippen LogP contribution in [0, 0.1) is 5.41 Å². The minimum absolute atomic E-state index is 0.198. The van der Waals surface area contributed by atoms with Gasteiger partial charge in [0, 0.05) is 0 Å². The van der Waals surface area contributed by atoms with Crippen LogP contribution in [0.25, 0.3) is 0 Å². The van der Waals surface area contributed by atoms with E-state index < -0.39 is 0 Å². The summed E-state index contributed by atoms with van der Waals surface area (Å²) in [4.78, 5) is 12.2. The van der Waals surface area contributed by atoms with Crippen molar-refractivity contribution in [3.63, 3.8) is 0 Å². The molecule has 0 bridgehead atoms. The van der Waals surface area contributed by atoms with Crippen LogP contribution < -0.4 is 0 Å². The van der Waals surface area contributed by atoms with Gasteiger partial charge in [-0.05, 0) is 42.2 Å². The van der Waals surface area contributed by atoms with Crippen LogP contribution in [0.15, 0.2) is 11.4 Å². The van der Waals surface area contributed by atoms with Crippen molar-refractivity contribution in [2.45, 2.75) is 40.5 Å². The van der Waals surface area contributed by atoms with Gasteiger partial charge in [-0.25, -0.2) is 0 Å². The molecule has 1 aromatic rings. The zero-order valence-corrected chi connectivity index (χ0v) is 10.2. The van der Waals surface area contributed by atoms with E-state index in [1.165, 1.54) is 5.56 Å². The average molecular weight is 210 g/mol. The molecule has 0 aromatic carbocycles. The molecule has 0 saturated heterocycles. The van der Waals surface area contributed by atoms with Gasteiger partial charge < -0.3 is 0 Å². The molecule has 0 fully saturated rings. The molecule has 0 atom stereocenters. The summed E-state index contributed by atoms with van der Waals surface area (Å²) in [7, 11) is 0. The number of carbonyl (C=O) groups excluding carboxylic acids is 1. The Bertz CT molecular complexity index is 317. The number of carbonyl (C=O) groups is 1. The Balaban J connectivity index is 2.68. The summed E-state index contributed by atoms with van der Waals surface area (Å²) in [5, 5.41) is 2.01. The molecule has 78 valence electrons. The maximum atomic E-state index is 11.3. The molecule has 1 nitrogen and oxygen atoms in total. The van der Waals surface area contributed by atoms with Crippen LogP contribution in [-0.4, -0.2) is 5.78 Å². The van der Waals surface area contributed by atoms with Gasteiger partial charge >= 0.3 is 0 Å². The first kappa shape index (κ1) is 11.4. The molecule has 0 aliphatic heterocycles. The Kier molecular flexibility index (Phi) is 3.48. The molecule has 1 rings (SSSR count). The summed E-state index contributed by atoms with van der Waals surface area (Å²) >= 11 is 1.56. The van der Waals surface area contributed by atoms with Crippen molar-refractivity contribution >= 4 is 17.1 Å². The van der Waals surface area contributed by atoms with Crippen molar-refractivity contribution in [1.82, 2.24) is 0 Å². The normalized spacial score (nSPS) is 11.7. The third-order valence-corrected chi connectivity index (χ3v) is 3.27.